The predicted octanol–water partition coefficient (Wildman–Crippen LogP) is 0.812. The Kier molecular flexibility index (Phi) is 3.82. The monoisotopic (exact) mass is 355 g/mol. The lowest BCUT2D eigenvalue weighted by molar-refractivity contribution is -0.128. The normalized spacial score (nSPS) is 29.6. The second kappa shape index (κ2) is 5.93. The summed E-state index contributed by atoms with van der Waals surface area (Å²) in [5.41, 5.74) is -0.0593. The molecule has 0 unspecified atom stereocenters. The van der Waals surface area contributed by atoms with Crippen molar-refractivity contribution in [3.63, 3.8) is 0 Å². The van der Waals surface area contributed by atoms with Gasteiger partial charge in [0.1, 0.15) is 0 Å². The Morgan fingerprint density at radius 2 is 2.08 bits per heavy atom. The van der Waals surface area contributed by atoms with Gasteiger partial charge in [0, 0.05) is 31.6 Å². The van der Waals surface area contributed by atoms with E-state index >= 15 is 0 Å². The van der Waals surface area contributed by atoms with Crippen LogP contribution in [0.15, 0.2) is 24.3 Å². The number of benzene rings is 1. The van der Waals surface area contributed by atoms with Gasteiger partial charge in [-0.15, -0.1) is 0 Å². The Labute approximate surface area is 151 Å². The molecule has 1 saturated heterocycles. The molecule has 3 aliphatic rings. The van der Waals surface area contributed by atoms with E-state index in [1.54, 1.807) is 36.1 Å². The van der Waals surface area contributed by atoms with Gasteiger partial charge in [-0.2, -0.15) is 0 Å². The molecule has 0 spiro atoms. The van der Waals surface area contributed by atoms with Crippen LogP contribution >= 0.6 is 0 Å². The molecule has 1 aromatic carbocycles. The maximum absolute atomic E-state index is 13.0. The minimum absolute atomic E-state index is 0.106. The summed E-state index contributed by atoms with van der Waals surface area (Å²) in [6, 6.07) is 6.88. The number of hydrogen-bond donors (Lipinski definition) is 2. The number of nitrogens with one attached hydrogen (secondary N) is 2. The second-order valence-electron chi connectivity index (χ2n) is 7.38. The molecule has 2 N–H and O–H groups in total. The molecule has 7 heteroatoms. The standard InChI is InChI=1S/C19H21N3O4/c1-19-14(17(25)20-8-10-22-9-4-7-13(22)23)15(19)18(26)21-12-6-3-2-5-11(12)16(19)24/h2-3,5-6,14-15H,4,7-10H2,1H3,(H,20,25)(H,21,26)/t14-,15+,19+/m0/s1. The molecule has 1 saturated carbocycles. The van der Waals surface area contributed by atoms with E-state index in [0.717, 1.165) is 13.0 Å². The van der Waals surface area contributed by atoms with Crippen LogP contribution in [0.1, 0.15) is 30.1 Å². The highest BCUT2D eigenvalue weighted by Crippen LogP contribution is 2.62. The first kappa shape index (κ1) is 16.8. The van der Waals surface area contributed by atoms with Crippen LogP contribution in [0.3, 0.4) is 0 Å². The maximum Gasteiger partial charge on any atom is 0.229 e. The highest BCUT2D eigenvalue weighted by molar-refractivity contribution is 6.19. The van der Waals surface area contributed by atoms with Gasteiger partial charge in [-0.3, -0.25) is 19.2 Å². The molecule has 26 heavy (non-hydrogen) atoms. The van der Waals surface area contributed by atoms with Crippen molar-refractivity contribution in [1.29, 1.82) is 0 Å². The van der Waals surface area contributed by atoms with Crippen molar-refractivity contribution in [3.8, 4) is 0 Å². The fourth-order valence-electron chi connectivity index (χ4n) is 4.30. The van der Waals surface area contributed by atoms with Crippen molar-refractivity contribution in [2.45, 2.75) is 19.8 Å². The third kappa shape index (κ3) is 2.41. The molecule has 2 heterocycles. The molecule has 4 rings (SSSR count). The van der Waals surface area contributed by atoms with Gasteiger partial charge in [-0.25, -0.2) is 0 Å². The Hall–Kier alpha value is -2.70. The van der Waals surface area contributed by atoms with Gasteiger partial charge in [0.15, 0.2) is 5.78 Å². The summed E-state index contributed by atoms with van der Waals surface area (Å²) in [6.07, 6.45) is 1.41. The van der Waals surface area contributed by atoms with E-state index < -0.39 is 17.3 Å². The zero-order chi connectivity index (χ0) is 18.5. The Balaban J connectivity index is 1.46. The zero-order valence-electron chi connectivity index (χ0n) is 14.6. The van der Waals surface area contributed by atoms with Crippen molar-refractivity contribution in [3.05, 3.63) is 29.8 Å². The molecule has 0 radical (unpaired) electrons. The number of fused-ring (bicyclic) bond motifs is 2. The van der Waals surface area contributed by atoms with Crippen LogP contribution in [0.2, 0.25) is 0 Å². The second-order valence-corrected chi connectivity index (χ2v) is 7.38. The molecule has 2 aliphatic heterocycles. The number of Topliss-reactive ketones (excluding diaryl/α,β-unsaturated/α-hetero) is 1. The summed E-state index contributed by atoms with van der Waals surface area (Å²) >= 11 is 0. The molecule has 0 aromatic heterocycles. The smallest absolute Gasteiger partial charge is 0.229 e. The number of anilines is 1. The fourth-order valence-corrected chi connectivity index (χ4v) is 4.30. The predicted molar refractivity (Wildman–Crippen MR) is 93.3 cm³/mol. The van der Waals surface area contributed by atoms with Crippen LogP contribution in [0, 0.1) is 17.3 Å². The van der Waals surface area contributed by atoms with Crippen molar-refractivity contribution >= 4 is 29.2 Å². The molecule has 136 valence electrons. The largest absolute Gasteiger partial charge is 0.354 e. The minimum atomic E-state index is -1.01. The molecule has 1 aromatic rings. The molecule has 1 aliphatic carbocycles. The lowest BCUT2D eigenvalue weighted by Crippen LogP contribution is -2.37. The first-order valence-electron chi connectivity index (χ1n) is 8.95. The van der Waals surface area contributed by atoms with Crippen LogP contribution in [0.4, 0.5) is 5.69 Å². The number of amides is 3. The number of carbonyl (C=O) groups is 4. The number of hydrogen-bond acceptors (Lipinski definition) is 4. The van der Waals surface area contributed by atoms with Gasteiger partial charge < -0.3 is 15.5 Å². The van der Waals surface area contributed by atoms with Gasteiger partial charge in [0.25, 0.3) is 0 Å². The molecular weight excluding hydrogens is 334 g/mol. The van der Waals surface area contributed by atoms with Crippen molar-refractivity contribution in [1.82, 2.24) is 10.2 Å². The third-order valence-electron chi connectivity index (χ3n) is 5.85. The summed E-state index contributed by atoms with van der Waals surface area (Å²) in [6.45, 7) is 3.20. The summed E-state index contributed by atoms with van der Waals surface area (Å²) in [5.74, 6) is -1.98. The van der Waals surface area contributed by atoms with Crippen LogP contribution in [0.25, 0.3) is 0 Å². The molecule has 7 nitrogen and oxygen atoms in total. The van der Waals surface area contributed by atoms with Crippen LogP contribution < -0.4 is 10.6 Å². The van der Waals surface area contributed by atoms with Gasteiger partial charge in [0.2, 0.25) is 17.7 Å². The Bertz CT molecular complexity index is 821. The first-order valence-corrected chi connectivity index (χ1v) is 8.95. The van der Waals surface area contributed by atoms with Crippen LogP contribution in [-0.4, -0.2) is 48.0 Å². The van der Waals surface area contributed by atoms with Gasteiger partial charge >= 0.3 is 0 Å². The number of para-hydroxylation sites is 1. The van der Waals surface area contributed by atoms with Gasteiger partial charge in [-0.1, -0.05) is 19.1 Å². The minimum Gasteiger partial charge on any atom is -0.354 e. The topological polar surface area (TPSA) is 95.6 Å². The van der Waals surface area contributed by atoms with E-state index in [1.165, 1.54) is 0 Å². The van der Waals surface area contributed by atoms with Crippen LogP contribution in [-0.2, 0) is 14.4 Å². The van der Waals surface area contributed by atoms with Gasteiger partial charge in [0.05, 0.1) is 22.9 Å². The SMILES string of the molecule is C[C@]12C(=O)c3ccccc3NC(=O)[C@H]1[C@H]2C(=O)NCCN1CCCC1=O. The molecular formula is C19H21N3O4. The zero-order valence-corrected chi connectivity index (χ0v) is 14.6. The number of rotatable bonds is 4. The summed E-state index contributed by atoms with van der Waals surface area (Å²) in [4.78, 5) is 51.4. The van der Waals surface area contributed by atoms with E-state index in [4.69, 9.17) is 0 Å². The summed E-state index contributed by atoms with van der Waals surface area (Å²) < 4.78 is 0. The van der Waals surface area contributed by atoms with Crippen molar-refractivity contribution in [2.24, 2.45) is 17.3 Å². The Morgan fingerprint density at radius 1 is 1.31 bits per heavy atom. The number of nitrogens with zero attached hydrogens (tertiary/aromatic N) is 1. The average Bonchev–Trinajstić information content (AvgIpc) is 3.10. The van der Waals surface area contributed by atoms with E-state index in [1.807, 2.05) is 0 Å². The highest BCUT2D eigenvalue weighted by atomic mass is 16.2. The number of likely N-dealkylation sites (tertiary alicyclic amines) is 1. The molecule has 3 amide bonds. The number of carbonyl (C=O) groups excluding carboxylic acids is 4. The van der Waals surface area contributed by atoms with Gasteiger partial charge in [-0.05, 0) is 18.6 Å². The average molecular weight is 355 g/mol. The van der Waals surface area contributed by atoms with E-state index in [9.17, 15) is 19.2 Å². The van der Waals surface area contributed by atoms with Crippen molar-refractivity contribution < 1.29 is 19.2 Å². The lowest BCUT2D eigenvalue weighted by atomic mass is 9.92. The highest BCUT2D eigenvalue weighted by Gasteiger charge is 2.73. The summed E-state index contributed by atoms with van der Waals surface area (Å²) in [7, 11) is 0. The van der Waals surface area contributed by atoms with E-state index in [-0.39, 0.29) is 23.5 Å². The fraction of sp³-hybridized carbons (Fsp3) is 0.474. The first-order chi connectivity index (χ1) is 12.4. The van der Waals surface area contributed by atoms with Crippen molar-refractivity contribution in [2.75, 3.05) is 25.0 Å². The van der Waals surface area contributed by atoms with E-state index in [2.05, 4.69) is 10.6 Å². The van der Waals surface area contributed by atoms with E-state index in [0.29, 0.717) is 30.8 Å². The molecule has 3 atom stereocenters. The number of ketones is 1. The molecule has 0 bridgehead atoms. The third-order valence-corrected chi connectivity index (χ3v) is 5.85. The maximum atomic E-state index is 13.0. The summed E-state index contributed by atoms with van der Waals surface area (Å²) in [5, 5.41) is 5.56. The molecule has 2 fully saturated rings. The van der Waals surface area contributed by atoms with Crippen LogP contribution in [0.5, 0.6) is 0 Å². The lowest BCUT2D eigenvalue weighted by Gasteiger charge is -2.16. The Morgan fingerprint density at radius 3 is 2.81 bits per heavy atom. The quantitative estimate of drug-likeness (QED) is 0.836.